The number of fused-ring (bicyclic) bond motifs is 1. The number of thiophene rings is 1. The highest BCUT2D eigenvalue weighted by Gasteiger charge is 2.33. The number of halogens is 1. The standard InChI is InChI=1S/C24H24FNO3S2/c1-28-20-14-16-9-11-26(23(27)10-13-30-18-7-5-17(25)6-8-18)24(22-4-3-12-31-22)19(16)15-21(20)29-2/h3-8,12,14-15,24H,9-11,13H2,1-2H3. The number of carbonyl (C=O) groups excluding carboxylic acids is 1. The van der Waals surface area contributed by atoms with Crippen LogP contribution in [0.3, 0.4) is 0 Å². The molecular weight excluding hydrogens is 433 g/mol. The molecule has 162 valence electrons. The van der Waals surface area contributed by atoms with Crippen molar-refractivity contribution < 1.29 is 18.7 Å². The molecular formula is C24H24FNO3S2. The Labute approximate surface area is 190 Å². The van der Waals surface area contributed by atoms with E-state index < -0.39 is 0 Å². The van der Waals surface area contributed by atoms with E-state index in [1.807, 2.05) is 28.5 Å². The predicted molar refractivity (Wildman–Crippen MR) is 123 cm³/mol. The SMILES string of the molecule is COc1cc2c(cc1OC)C(c1cccs1)N(C(=O)CCSc1ccc(F)cc1)CC2. The Morgan fingerprint density at radius 3 is 2.58 bits per heavy atom. The van der Waals surface area contributed by atoms with E-state index in [0.29, 0.717) is 30.2 Å². The van der Waals surface area contributed by atoms with Crippen LogP contribution >= 0.6 is 23.1 Å². The summed E-state index contributed by atoms with van der Waals surface area (Å²) in [5, 5.41) is 2.04. The smallest absolute Gasteiger partial charge is 0.224 e. The first kappa shape index (κ1) is 21.7. The second-order valence-electron chi connectivity index (χ2n) is 7.21. The first-order chi connectivity index (χ1) is 15.1. The minimum atomic E-state index is -0.252. The van der Waals surface area contributed by atoms with E-state index in [0.717, 1.165) is 21.8 Å². The summed E-state index contributed by atoms with van der Waals surface area (Å²) < 4.78 is 24.1. The molecule has 0 saturated heterocycles. The molecule has 0 spiro atoms. The van der Waals surface area contributed by atoms with Crippen molar-refractivity contribution in [1.82, 2.24) is 4.90 Å². The van der Waals surface area contributed by atoms with Gasteiger partial charge in [-0.2, -0.15) is 0 Å². The van der Waals surface area contributed by atoms with Crippen LogP contribution in [0.2, 0.25) is 0 Å². The van der Waals surface area contributed by atoms with Crippen LogP contribution < -0.4 is 9.47 Å². The van der Waals surface area contributed by atoms with Gasteiger partial charge in [0.2, 0.25) is 5.91 Å². The van der Waals surface area contributed by atoms with Gasteiger partial charge in [-0.05, 0) is 65.4 Å². The Bertz CT molecular complexity index is 1040. The van der Waals surface area contributed by atoms with Gasteiger partial charge in [0.1, 0.15) is 5.82 Å². The van der Waals surface area contributed by atoms with Crippen molar-refractivity contribution in [2.75, 3.05) is 26.5 Å². The fourth-order valence-corrected chi connectivity index (χ4v) is 5.59. The summed E-state index contributed by atoms with van der Waals surface area (Å²) in [4.78, 5) is 17.3. The number of methoxy groups -OCH3 is 2. The third-order valence-electron chi connectivity index (χ3n) is 5.41. The van der Waals surface area contributed by atoms with Gasteiger partial charge in [0.05, 0.1) is 20.3 Å². The summed E-state index contributed by atoms with van der Waals surface area (Å²) in [7, 11) is 3.27. The number of hydrogen-bond acceptors (Lipinski definition) is 5. The first-order valence-corrected chi connectivity index (χ1v) is 11.9. The average molecular weight is 458 g/mol. The molecule has 1 unspecified atom stereocenters. The number of carbonyl (C=O) groups is 1. The van der Waals surface area contributed by atoms with Gasteiger partial charge < -0.3 is 14.4 Å². The molecule has 3 aromatic rings. The topological polar surface area (TPSA) is 38.8 Å². The summed E-state index contributed by atoms with van der Waals surface area (Å²) >= 11 is 3.22. The third kappa shape index (κ3) is 4.72. The molecule has 0 N–H and O–H groups in total. The van der Waals surface area contributed by atoms with Crippen LogP contribution in [0.15, 0.2) is 58.8 Å². The highest BCUT2D eigenvalue weighted by atomic mass is 32.2. The molecule has 0 aliphatic carbocycles. The molecule has 4 nitrogen and oxygen atoms in total. The highest BCUT2D eigenvalue weighted by Crippen LogP contribution is 2.42. The fourth-order valence-electron chi connectivity index (χ4n) is 3.90. The quantitative estimate of drug-likeness (QED) is 0.436. The minimum Gasteiger partial charge on any atom is -0.493 e. The third-order valence-corrected chi connectivity index (χ3v) is 7.34. The van der Waals surface area contributed by atoms with Crippen LogP contribution in [0.25, 0.3) is 0 Å². The van der Waals surface area contributed by atoms with Gasteiger partial charge in [-0.3, -0.25) is 4.79 Å². The number of rotatable bonds is 7. The Morgan fingerprint density at radius 1 is 1.16 bits per heavy atom. The van der Waals surface area contributed by atoms with E-state index >= 15 is 0 Å². The summed E-state index contributed by atoms with van der Waals surface area (Å²) in [5.41, 5.74) is 2.27. The number of thioether (sulfide) groups is 1. The molecule has 4 rings (SSSR count). The average Bonchev–Trinajstić information content (AvgIpc) is 3.33. The largest absolute Gasteiger partial charge is 0.493 e. The fraction of sp³-hybridized carbons (Fsp3) is 0.292. The summed E-state index contributed by atoms with van der Waals surface area (Å²) in [6.45, 7) is 0.658. The monoisotopic (exact) mass is 457 g/mol. The van der Waals surface area contributed by atoms with Crippen molar-refractivity contribution in [1.29, 1.82) is 0 Å². The lowest BCUT2D eigenvalue weighted by molar-refractivity contribution is -0.132. The molecule has 0 saturated carbocycles. The first-order valence-electron chi connectivity index (χ1n) is 10.1. The maximum absolute atomic E-state index is 13.2. The van der Waals surface area contributed by atoms with Gasteiger partial charge in [0.25, 0.3) is 0 Å². The highest BCUT2D eigenvalue weighted by molar-refractivity contribution is 7.99. The minimum absolute atomic E-state index is 0.119. The normalized spacial score (nSPS) is 15.5. The van der Waals surface area contributed by atoms with Crippen molar-refractivity contribution >= 4 is 29.0 Å². The van der Waals surface area contributed by atoms with Crippen LogP contribution in [-0.2, 0) is 11.2 Å². The van der Waals surface area contributed by atoms with E-state index in [-0.39, 0.29) is 17.8 Å². The van der Waals surface area contributed by atoms with Crippen molar-refractivity contribution in [2.24, 2.45) is 0 Å². The molecule has 1 aliphatic heterocycles. The molecule has 1 amide bonds. The predicted octanol–water partition coefficient (Wildman–Crippen LogP) is 5.56. The molecule has 1 aromatic heterocycles. The maximum Gasteiger partial charge on any atom is 0.224 e. The van der Waals surface area contributed by atoms with E-state index in [9.17, 15) is 9.18 Å². The second-order valence-corrected chi connectivity index (χ2v) is 9.36. The van der Waals surface area contributed by atoms with E-state index in [1.165, 1.54) is 17.7 Å². The molecule has 0 fully saturated rings. The lowest BCUT2D eigenvalue weighted by Crippen LogP contribution is -2.40. The number of ether oxygens (including phenoxy) is 2. The number of hydrogen-bond donors (Lipinski definition) is 0. The Hall–Kier alpha value is -2.51. The van der Waals surface area contributed by atoms with Gasteiger partial charge >= 0.3 is 0 Å². The molecule has 0 radical (unpaired) electrons. The van der Waals surface area contributed by atoms with Crippen molar-refractivity contribution in [3.05, 3.63) is 75.7 Å². The van der Waals surface area contributed by atoms with E-state index in [4.69, 9.17) is 9.47 Å². The van der Waals surface area contributed by atoms with Crippen LogP contribution in [0.5, 0.6) is 11.5 Å². The molecule has 2 aromatic carbocycles. The zero-order chi connectivity index (χ0) is 21.8. The van der Waals surface area contributed by atoms with Crippen LogP contribution in [0, 0.1) is 5.82 Å². The summed E-state index contributed by atoms with van der Waals surface area (Å²) in [6.07, 6.45) is 1.20. The summed E-state index contributed by atoms with van der Waals surface area (Å²) in [5.74, 6) is 1.90. The molecule has 1 atom stereocenters. The molecule has 7 heteroatoms. The molecule has 0 bridgehead atoms. The second kappa shape index (κ2) is 9.75. The lowest BCUT2D eigenvalue weighted by Gasteiger charge is -2.37. The van der Waals surface area contributed by atoms with Crippen molar-refractivity contribution in [3.8, 4) is 11.5 Å². The Morgan fingerprint density at radius 2 is 1.90 bits per heavy atom. The van der Waals surface area contributed by atoms with Gasteiger partial charge in [-0.15, -0.1) is 23.1 Å². The van der Waals surface area contributed by atoms with Gasteiger partial charge in [0.15, 0.2) is 11.5 Å². The number of benzene rings is 2. The zero-order valence-electron chi connectivity index (χ0n) is 17.5. The van der Waals surface area contributed by atoms with Crippen molar-refractivity contribution in [3.63, 3.8) is 0 Å². The van der Waals surface area contributed by atoms with E-state index in [2.05, 4.69) is 6.07 Å². The van der Waals surface area contributed by atoms with E-state index in [1.54, 1.807) is 49.5 Å². The summed E-state index contributed by atoms with van der Waals surface area (Å²) in [6, 6.07) is 14.4. The van der Waals surface area contributed by atoms with Gasteiger partial charge in [-0.1, -0.05) is 6.07 Å². The van der Waals surface area contributed by atoms with Gasteiger partial charge in [0, 0.05) is 28.5 Å². The zero-order valence-corrected chi connectivity index (χ0v) is 19.1. The van der Waals surface area contributed by atoms with Crippen LogP contribution in [-0.4, -0.2) is 37.3 Å². The Balaban J connectivity index is 1.56. The Kier molecular flexibility index (Phi) is 6.83. The van der Waals surface area contributed by atoms with Gasteiger partial charge in [-0.25, -0.2) is 4.39 Å². The van der Waals surface area contributed by atoms with Crippen LogP contribution in [0.1, 0.15) is 28.5 Å². The molecule has 31 heavy (non-hydrogen) atoms. The molecule has 1 aliphatic rings. The maximum atomic E-state index is 13.2. The number of nitrogens with zero attached hydrogens (tertiary/aromatic N) is 1. The van der Waals surface area contributed by atoms with Crippen molar-refractivity contribution in [2.45, 2.75) is 23.8 Å². The molecule has 2 heterocycles. The van der Waals surface area contributed by atoms with Crippen LogP contribution in [0.4, 0.5) is 4.39 Å². The lowest BCUT2D eigenvalue weighted by atomic mass is 9.90. The number of amides is 1.